The summed E-state index contributed by atoms with van der Waals surface area (Å²) in [5, 5.41) is 2.86. The summed E-state index contributed by atoms with van der Waals surface area (Å²) in [6.07, 6.45) is 0.428. The normalized spacial score (nSPS) is 14.8. The van der Waals surface area contributed by atoms with Crippen molar-refractivity contribution in [2.75, 3.05) is 17.1 Å². The number of alkyl halides is 3. The van der Waals surface area contributed by atoms with E-state index in [9.17, 15) is 31.2 Å². The van der Waals surface area contributed by atoms with Crippen LogP contribution in [0.4, 0.5) is 18.9 Å². The minimum absolute atomic E-state index is 0.0608. The van der Waals surface area contributed by atoms with E-state index in [2.05, 4.69) is 5.32 Å². The zero-order valence-corrected chi connectivity index (χ0v) is 28.0. The van der Waals surface area contributed by atoms with Crippen LogP contribution in [-0.4, -0.2) is 50.0 Å². The van der Waals surface area contributed by atoms with Crippen LogP contribution >= 0.6 is 34.8 Å². The van der Waals surface area contributed by atoms with Crippen molar-refractivity contribution >= 4 is 62.3 Å². The van der Waals surface area contributed by atoms with Crippen LogP contribution in [0.2, 0.25) is 15.1 Å². The van der Waals surface area contributed by atoms with E-state index < -0.39 is 56.9 Å². The van der Waals surface area contributed by atoms with Crippen LogP contribution in [0.1, 0.15) is 48.8 Å². The molecule has 0 aliphatic heterocycles. The van der Waals surface area contributed by atoms with E-state index in [0.717, 1.165) is 56.1 Å². The topological polar surface area (TPSA) is 86.8 Å². The molecule has 0 radical (unpaired) electrons. The maximum Gasteiger partial charge on any atom is 0.417 e. The third-order valence-electron chi connectivity index (χ3n) is 7.84. The highest BCUT2D eigenvalue weighted by atomic mass is 35.5. The van der Waals surface area contributed by atoms with E-state index in [1.54, 1.807) is 48.5 Å². The monoisotopic (exact) mass is 717 g/mol. The van der Waals surface area contributed by atoms with Crippen LogP contribution in [0.15, 0.2) is 66.7 Å². The molecular weight excluding hydrogens is 686 g/mol. The molecule has 3 aromatic rings. The molecule has 0 aromatic heterocycles. The average molecular weight is 719 g/mol. The first-order chi connectivity index (χ1) is 21.6. The molecule has 248 valence electrons. The third-order valence-corrected chi connectivity index (χ3v) is 10.0. The number of anilines is 1. The predicted octanol–water partition coefficient (Wildman–Crippen LogP) is 7.52. The van der Waals surface area contributed by atoms with E-state index in [1.807, 2.05) is 0 Å². The van der Waals surface area contributed by atoms with Gasteiger partial charge in [0, 0.05) is 34.6 Å². The molecule has 1 atom stereocenters. The van der Waals surface area contributed by atoms with Gasteiger partial charge >= 0.3 is 6.18 Å². The van der Waals surface area contributed by atoms with Crippen molar-refractivity contribution in [1.82, 2.24) is 10.2 Å². The summed E-state index contributed by atoms with van der Waals surface area (Å²) in [5.41, 5.74) is -0.642. The Morgan fingerprint density at radius 1 is 0.913 bits per heavy atom. The molecule has 1 fully saturated rings. The fourth-order valence-electron chi connectivity index (χ4n) is 5.45. The maximum absolute atomic E-state index is 14.3. The van der Waals surface area contributed by atoms with Crippen molar-refractivity contribution in [2.24, 2.45) is 0 Å². The Kier molecular flexibility index (Phi) is 11.9. The van der Waals surface area contributed by atoms with Gasteiger partial charge in [-0.1, -0.05) is 90.5 Å². The standard InChI is InChI=1S/C32H33Cl3F3N3O4S/c1-46(44,45)41(23-15-16-28(35)25(18-23)32(36,37)38)20-30(42)40(19-24-26(33)13-8-14-27(24)34)29(17-21-9-4-2-5-10-21)31(43)39-22-11-6-3-7-12-22/h2,4-5,8-10,13-16,18,22,29H,3,6-7,11-12,17,19-20H2,1H3,(H,39,43)/t29-/m1/s1. The molecule has 4 rings (SSSR count). The van der Waals surface area contributed by atoms with Crippen molar-refractivity contribution in [3.8, 4) is 0 Å². The van der Waals surface area contributed by atoms with E-state index in [1.165, 1.54) is 4.90 Å². The number of halogens is 6. The lowest BCUT2D eigenvalue weighted by atomic mass is 9.94. The van der Waals surface area contributed by atoms with Gasteiger partial charge < -0.3 is 10.2 Å². The van der Waals surface area contributed by atoms with Gasteiger partial charge in [0.1, 0.15) is 12.6 Å². The van der Waals surface area contributed by atoms with Crippen LogP contribution in [0.3, 0.4) is 0 Å². The number of carbonyl (C=O) groups is 2. The fourth-order valence-corrected chi connectivity index (χ4v) is 7.03. The number of rotatable bonds is 11. The lowest BCUT2D eigenvalue weighted by Gasteiger charge is -2.35. The summed E-state index contributed by atoms with van der Waals surface area (Å²) in [6, 6.07) is 15.0. The van der Waals surface area contributed by atoms with Gasteiger partial charge in [-0.25, -0.2) is 8.42 Å². The third kappa shape index (κ3) is 9.30. The van der Waals surface area contributed by atoms with Crippen LogP contribution in [0.5, 0.6) is 0 Å². The molecule has 46 heavy (non-hydrogen) atoms. The van der Waals surface area contributed by atoms with Crippen molar-refractivity contribution in [1.29, 1.82) is 0 Å². The van der Waals surface area contributed by atoms with Gasteiger partial charge in [-0.05, 0) is 48.7 Å². The Balaban J connectivity index is 1.79. The van der Waals surface area contributed by atoms with Gasteiger partial charge in [-0.2, -0.15) is 13.2 Å². The zero-order valence-electron chi connectivity index (χ0n) is 24.9. The molecule has 2 amide bonds. The first-order valence-corrected chi connectivity index (χ1v) is 17.5. The van der Waals surface area contributed by atoms with Gasteiger partial charge in [0.05, 0.1) is 22.5 Å². The second kappa shape index (κ2) is 15.3. The van der Waals surface area contributed by atoms with E-state index in [4.69, 9.17) is 34.8 Å². The molecule has 0 spiro atoms. The second-order valence-corrected chi connectivity index (χ2v) is 14.3. The molecule has 1 aliphatic rings. The highest BCUT2D eigenvalue weighted by molar-refractivity contribution is 7.92. The average Bonchev–Trinajstić information content (AvgIpc) is 2.99. The molecule has 1 saturated carbocycles. The predicted molar refractivity (Wildman–Crippen MR) is 175 cm³/mol. The van der Waals surface area contributed by atoms with Gasteiger partial charge in [0.15, 0.2) is 0 Å². The summed E-state index contributed by atoms with van der Waals surface area (Å²) in [5.74, 6) is -1.31. The fraction of sp³-hybridized carbons (Fsp3) is 0.375. The summed E-state index contributed by atoms with van der Waals surface area (Å²) in [4.78, 5) is 29.5. The summed E-state index contributed by atoms with van der Waals surface area (Å²) in [7, 11) is -4.32. The highest BCUT2D eigenvalue weighted by Gasteiger charge is 2.37. The smallest absolute Gasteiger partial charge is 0.352 e. The van der Waals surface area contributed by atoms with Crippen molar-refractivity contribution in [3.63, 3.8) is 0 Å². The first-order valence-electron chi connectivity index (χ1n) is 14.6. The van der Waals surface area contributed by atoms with Crippen LogP contribution in [0.25, 0.3) is 0 Å². The molecule has 0 bridgehead atoms. The molecule has 0 heterocycles. The molecule has 7 nitrogen and oxygen atoms in total. The SMILES string of the molecule is CS(=O)(=O)N(CC(=O)N(Cc1c(Cl)cccc1Cl)[C@H](Cc1ccccc1)C(=O)NC1CCCCC1)c1ccc(Cl)c(C(F)(F)F)c1. The van der Waals surface area contributed by atoms with Crippen molar-refractivity contribution in [3.05, 3.63) is 98.5 Å². The lowest BCUT2D eigenvalue weighted by molar-refractivity contribution is -0.140. The molecule has 14 heteroatoms. The number of hydrogen-bond donors (Lipinski definition) is 1. The Labute approximate surface area is 281 Å². The van der Waals surface area contributed by atoms with Crippen molar-refractivity contribution < 1.29 is 31.2 Å². The lowest BCUT2D eigenvalue weighted by Crippen LogP contribution is -2.55. The number of sulfonamides is 1. The Morgan fingerprint density at radius 2 is 1.54 bits per heavy atom. The molecule has 0 saturated heterocycles. The van der Waals surface area contributed by atoms with E-state index in [0.29, 0.717) is 15.9 Å². The Morgan fingerprint density at radius 3 is 2.13 bits per heavy atom. The molecule has 0 unspecified atom stereocenters. The van der Waals surface area contributed by atoms with E-state index >= 15 is 0 Å². The molecular formula is C32H33Cl3F3N3O4S. The second-order valence-electron chi connectivity index (χ2n) is 11.2. The summed E-state index contributed by atoms with van der Waals surface area (Å²) < 4.78 is 67.6. The van der Waals surface area contributed by atoms with Gasteiger partial charge in [0.2, 0.25) is 21.8 Å². The quantitative estimate of drug-likeness (QED) is 0.222. The Hall–Kier alpha value is -2.99. The number of amides is 2. The number of nitrogens with one attached hydrogen (secondary N) is 1. The molecule has 3 aromatic carbocycles. The largest absolute Gasteiger partial charge is 0.417 e. The van der Waals surface area contributed by atoms with Crippen LogP contribution in [-0.2, 0) is 38.8 Å². The van der Waals surface area contributed by atoms with E-state index in [-0.39, 0.29) is 29.1 Å². The van der Waals surface area contributed by atoms with Crippen molar-refractivity contribution in [2.45, 2.75) is 63.3 Å². The minimum Gasteiger partial charge on any atom is -0.352 e. The minimum atomic E-state index is -4.88. The zero-order chi connectivity index (χ0) is 33.6. The summed E-state index contributed by atoms with van der Waals surface area (Å²) >= 11 is 18.7. The van der Waals surface area contributed by atoms with Crippen LogP contribution in [0, 0.1) is 0 Å². The maximum atomic E-state index is 14.3. The van der Waals surface area contributed by atoms with Gasteiger partial charge in [-0.3, -0.25) is 13.9 Å². The molecule has 1 aliphatic carbocycles. The highest BCUT2D eigenvalue weighted by Crippen LogP contribution is 2.37. The van der Waals surface area contributed by atoms with Gasteiger partial charge in [0.25, 0.3) is 0 Å². The first kappa shape index (κ1) is 35.9. The number of carbonyl (C=O) groups excluding carboxylic acids is 2. The number of hydrogen-bond acceptors (Lipinski definition) is 4. The number of nitrogens with zero attached hydrogens (tertiary/aromatic N) is 2. The number of benzene rings is 3. The Bertz CT molecular complexity index is 1630. The molecule has 1 N–H and O–H groups in total. The van der Waals surface area contributed by atoms with Crippen LogP contribution < -0.4 is 9.62 Å². The van der Waals surface area contributed by atoms with Gasteiger partial charge in [-0.15, -0.1) is 0 Å². The summed E-state index contributed by atoms with van der Waals surface area (Å²) in [6.45, 7) is -1.19.